The van der Waals surface area contributed by atoms with Crippen LogP contribution in [0.15, 0.2) is 53.0 Å². The molecule has 4 rings (SSSR count). The second-order valence-corrected chi connectivity index (χ2v) is 10.8. The molecule has 0 saturated carbocycles. The Bertz CT molecular complexity index is 1120. The van der Waals surface area contributed by atoms with Gasteiger partial charge >= 0.3 is 6.03 Å². The van der Waals surface area contributed by atoms with Gasteiger partial charge < -0.3 is 15.1 Å². The monoisotopic (exact) mass is 577 g/mol. The molecule has 11 heteroatoms. The maximum absolute atomic E-state index is 13.6. The molecule has 2 saturated heterocycles. The number of hydrogen-bond donors (Lipinski definition) is 1. The maximum atomic E-state index is 13.6. The van der Waals surface area contributed by atoms with E-state index in [9.17, 15) is 18.8 Å². The van der Waals surface area contributed by atoms with Crippen LogP contribution in [-0.4, -0.2) is 82.0 Å². The number of thioether (sulfide) groups is 1. The van der Waals surface area contributed by atoms with E-state index in [1.54, 1.807) is 45.8 Å². The molecular weight excluding hydrogens is 549 g/mol. The second kappa shape index (κ2) is 11.6. The van der Waals surface area contributed by atoms with Crippen molar-refractivity contribution in [3.63, 3.8) is 0 Å². The molecule has 0 aromatic heterocycles. The molecule has 2 atom stereocenters. The van der Waals surface area contributed by atoms with Crippen molar-refractivity contribution < 1.29 is 18.8 Å². The Morgan fingerprint density at radius 2 is 1.92 bits per heavy atom. The van der Waals surface area contributed by atoms with E-state index in [4.69, 9.17) is 0 Å². The molecular formula is C25H29BrFN5O3S. The number of fused-ring (bicyclic) bond motifs is 1. The fraction of sp³-hybridized carbons (Fsp3) is 0.400. The van der Waals surface area contributed by atoms with Gasteiger partial charge in [-0.15, -0.1) is 0 Å². The fourth-order valence-corrected chi connectivity index (χ4v) is 5.58. The zero-order chi connectivity index (χ0) is 25.8. The van der Waals surface area contributed by atoms with Gasteiger partial charge in [0.2, 0.25) is 11.8 Å². The number of likely N-dealkylation sites (N-methyl/N-ethyl adjacent to an activating group) is 1. The van der Waals surface area contributed by atoms with E-state index in [0.29, 0.717) is 18.7 Å². The molecule has 0 unspecified atom stereocenters. The van der Waals surface area contributed by atoms with E-state index in [1.807, 2.05) is 30.5 Å². The number of halogens is 2. The molecule has 2 aromatic rings. The summed E-state index contributed by atoms with van der Waals surface area (Å²) in [5.41, 5.74) is 1.71. The Labute approximate surface area is 222 Å². The van der Waals surface area contributed by atoms with E-state index in [-0.39, 0.29) is 43.3 Å². The minimum atomic E-state index is -0.642. The van der Waals surface area contributed by atoms with Crippen molar-refractivity contribution in [3.05, 3.63) is 69.9 Å². The number of nitrogens with zero attached hydrogens (tertiary/aromatic N) is 4. The fourth-order valence-electron chi connectivity index (χ4n) is 4.67. The lowest BCUT2D eigenvalue weighted by Gasteiger charge is -2.54. The number of benzene rings is 2. The zero-order valence-corrected chi connectivity index (χ0v) is 22.6. The molecule has 2 fully saturated rings. The van der Waals surface area contributed by atoms with E-state index in [0.717, 1.165) is 15.6 Å². The van der Waals surface area contributed by atoms with Gasteiger partial charge in [0.05, 0.1) is 13.1 Å². The van der Waals surface area contributed by atoms with Crippen LogP contribution in [0.2, 0.25) is 0 Å². The summed E-state index contributed by atoms with van der Waals surface area (Å²) in [7, 11) is 1.69. The first kappa shape index (κ1) is 26.4. The number of rotatable bonds is 7. The Kier molecular flexibility index (Phi) is 8.53. The predicted octanol–water partition coefficient (Wildman–Crippen LogP) is 3.28. The second-order valence-electron chi connectivity index (χ2n) is 8.87. The minimum absolute atomic E-state index is 0.00481. The SMILES string of the molecule is CSCC[C@H]1C(=O)N(Cc2cccc(Br)c2)C[C@H]2N1C(=O)CN(C)N2C(=O)NCc1ccc(F)cc1. The highest BCUT2D eigenvalue weighted by Gasteiger charge is 2.50. The molecule has 0 spiro atoms. The molecule has 2 heterocycles. The van der Waals surface area contributed by atoms with Gasteiger partial charge in [-0.25, -0.2) is 19.2 Å². The average molecular weight is 579 g/mol. The molecule has 1 N–H and O–H groups in total. The number of amides is 4. The third-order valence-electron chi connectivity index (χ3n) is 6.36. The molecule has 0 bridgehead atoms. The van der Waals surface area contributed by atoms with Crippen LogP contribution in [0.1, 0.15) is 17.5 Å². The molecule has 36 heavy (non-hydrogen) atoms. The molecule has 0 radical (unpaired) electrons. The summed E-state index contributed by atoms with van der Waals surface area (Å²) < 4.78 is 14.2. The van der Waals surface area contributed by atoms with Crippen molar-refractivity contribution in [1.29, 1.82) is 0 Å². The summed E-state index contributed by atoms with van der Waals surface area (Å²) in [5, 5.41) is 6.00. The molecule has 4 amide bonds. The molecule has 0 aliphatic carbocycles. The van der Waals surface area contributed by atoms with Gasteiger partial charge in [-0.3, -0.25) is 9.59 Å². The van der Waals surface area contributed by atoms with Crippen molar-refractivity contribution in [2.75, 3.05) is 32.1 Å². The summed E-state index contributed by atoms with van der Waals surface area (Å²) in [6.07, 6.45) is 1.83. The van der Waals surface area contributed by atoms with Gasteiger partial charge in [0.25, 0.3) is 0 Å². The van der Waals surface area contributed by atoms with Crippen LogP contribution in [-0.2, 0) is 22.7 Å². The lowest BCUT2D eigenvalue weighted by Crippen LogP contribution is -2.75. The Hall–Kier alpha value is -2.63. The van der Waals surface area contributed by atoms with Crippen LogP contribution in [0.3, 0.4) is 0 Å². The Morgan fingerprint density at radius 1 is 1.17 bits per heavy atom. The molecule has 2 aliphatic rings. The van der Waals surface area contributed by atoms with Gasteiger partial charge in [-0.05, 0) is 53.8 Å². The molecule has 8 nitrogen and oxygen atoms in total. The van der Waals surface area contributed by atoms with E-state index in [1.165, 1.54) is 17.1 Å². The van der Waals surface area contributed by atoms with Crippen LogP contribution >= 0.6 is 27.7 Å². The maximum Gasteiger partial charge on any atom is 0.334 e. The number of carbonyl (C=O) groups excluding carboxylic acids is 3. The summed E-state index contributed by atoms with van der Waals surface area (Å²) in [4.78, 5) is 43.4. The largest absolute Gasteiger partial charge is 0.334 e. The third-order valence-corrected chi connectivity index (χ3v) is 7.50. The highest BCUT2D eigenvalue weighted by atomic mass is 79.9. The minimum Gasteiger partial charge on any atom is -0.333 e. The number of nitrogens with one attached hydrogen (secondary N) is 1. The highest BCUT2D eigenvalue weighted by Crippen LogP contribution is 2.29. The van der Waals surface area contributed by atoms with Crippen LogP contribution in [0.5, 0.6) is 0 Å². The molecule has 192 valence electrons. The smallest absolute Gasteiger partial charge is 0.333 e. The van der Waals surface area contributed by atoms with Gasteiger partial charge in [0, 0.05) is 24.6 Å². The number of carbonyl (C=O) groups is 3. The Morgan fingerprint density at radius 3 is 2.61 bits per heavy atom. The predicted molar refractivity (Wildman–Crippen MR) is 140 cm³/mol. The lowest BCUT2D eigenvalue weighted by atomic mass is 10.0. The van der Waals surface area contributed by atoms with Crippen LogP contribution in [0.25, 0.3) is 0 Å². The first-order valence-corrected chi connectivity index (χ1v) is 13.8. The summed E-state index contributed by atoms with van der Waals surface area (Å²) >= 11 is 5.10. The normalized spacial score (nSPS) is 20.5. The van der Waals surface area contributed by atoms with E-state index >= 15 is 0 Å². The number of hydrazine groups is 1. The highest BCUT2D eigenvalue weighted by molar-refractivity contribution is 9.10. The zero-order valence-electron chi connectivity index (χ0n) is 20.2. The number of piperazine rings is 1. The first-order valence-electron chi connectivity index (χ1n) is 11.6. The van der Waals surface area contributed by atoms with Crippen molar-refractivity contribution in [2.24, 2.45) is 0 Å². The summed E-state index contributed by atoms with van der Waals surface area (Å²) in [5.74, 6) is 0.0877. The Balaban J connectivity index is 1.59. The average Bonchev–Trinajstić information content (AvgIpc) is 2.84. The van der Waals surface area contributed by atoms with Crippen molar-refractivity contribution in [3.8, 4) is 0 Å². The van der Waals surface area contributed by atoms with Crippen LogP contribution < -0.4 is 5.32 Å². The summed E-state index contributed by atoms with van der Waals surface area (Å²) in [6, 6.07) is 12.6. The number of urea groups is 1. The quantitative estimate of drug-likeness (QED) is 0.546. The molecule has 2 aliphatic heterocycles. The summed E-state index contributed by atoms with van der Waals surface area (Å²) in [6.45, 7) is 0.776. The van der Waals surface area contributed by atoms with Crippen LogP contribution in [0, 0.1) is 5.82 Å². The topological polar surface area (TPSA) is 76.2 Å². The van der Waals surface area contributed by atoms with E-state index in [2.05, 4.69) is 21.2 Å². The van der Waals surface area contributed by atoms with Crippen LogP contribution in [0.4, 0.5) is 9.18 Å². The van der Waals surface area contributed by atoms with Gasteiger partial charge in [-0.2, -0.15) is 11.8 Å². The van der Waals surface area contributed by atoms with Crippen molar-refractivity contribution >= 4 is 45.5 Å². The number of hydrogen-bond acceptors (Lipinski definition) is 5. The third kappa shape index (κ3) is 5.84. The molecule has 2 aromatic carbocycles. The standard InChI is InChI=1S/C25H29BrFN5O3S/c1-29-16-23(33)31-21(10-11-36-2)24(34)30(14-18-4-3-5-19(26)12-18)15-22(31)32(29)25(35)28-13-17-6-8-20(27)9-7-17/h3-9,12,21-22H,10-11,13-16H2,1-2H3,(H,28,35)/t21-,22-/m0/s1. The van der Waals surface area contributed by atoms with Gasteiger partial charge in [0.1, 0.15) is 18.0 Å². The van der Waals surface area contributed by atoms with Crippen molar-refractivity contribution in [2.45, 2.75) is 31.7 Å². The van der Waals surface area contributed by atoms with Gasteiger partial charge in [-0.1, -0.05) is 40.2 Å². The van der Waals surface area contributed by atoms with Gasteiger partial charge in [0.15, 0.2) is 0 Å². The first-order chi connectivity index (χ1) is 17.3. The van der Waals surface area contributed by atoms with E-state index < -0.39 is 12.2 Å². The van der Waals surface area contributed by atoms with Crippen molar-refractivity contribution in [1.82, 2.24) is 25.1 Å². The lowest BCUT2D eigenvalue weighted by molar-refractivity contribution is -0.187.